The largest absolute Gasteiger partial charge is 0.383 e. The monoisotopic (exact) mass is 377 g/mol. The zero-order valence-corrected chi connectivity index (χ0v) is 14.4. The summed E-state index contributed by atoms with van der Waals surface area (Å²) in [6.45, 7) is 5.58. The molecule has 0 aliphatic heterocycles. The van der Waals surface area contributed by atoms with Crippen molar-refractivity contribution in [2.45, 2.75) is 26.4 Å². The molecule has 108 valence electrons. The molecule has 1 atom stereocenters. The van der Waals surface area contributed by atoms with Crippen LogP contribution in [-0.4, -0.2) is 32.8 Å². The summed E-state index contributed by atoms with van der Waals surface area (Å²) in [5.74, 6) is 0.793. The number of benzene rings is 1. The number of nitrogens with zero attached hydrogens (tertiary/aromatic N) is 1. The molecule has 0 aromatic heterocycles. The quantitative estimate of drug-likeness (QED) is 0.470. The van der Waals surface area contributed by atoms with Crippen LogP contribution in [0.15, 0.2) is 29.3 Å². The van der Waals surface area contributed by atoms with E-state index in [-0.39, 0.29) is 30.0 Å². The number of halogens is 1. The maximum absolute atomic E-state index is 5.08. The molecule has 4 nitrogen and oxygen atoms in total. The van der Waals surface area contributed by atoms with E-state index < -0.39 is 0 Å². The highest BCUT2D eigenvalue weighted by atomic mass is 127. The average molecular weight is 377 g/mol. The van der Waals surface area contributed by atoms with E-state index in [4.69, 9.17) is 4.74 Å². The lowest BCUT2D eigenvalue weighted by Gasteiger charge is -2.17. The fraction of sp³-hybridized carbons (Fsp3) is 0.500. The predicted molar refractivity (Wildman–Crippen MR) is 91.3 cm³/mol. The van der Waals surface area contributed by atoms with Crippen LogP contribution in [0.5, 0.6) is 0 Å². The van der Waals surface area contributed by atoms with Gasteiger partial charge in [-0.2, -0.15) is 0 Å². The fourth-order valence-corrected chi connectivity index (χ4v) is 1.73. The first-order valence-electron chi connectivity index (χ1n) is 6.17. The van der Waals surface area contributed by atoms with Crippen LogP contribution in [0, 0.1) is 6.92 Å². The zero-order chi connectivity index (χ0) is 13.4. The summed E-state index contributed by atoms with van der Waals surface area (Å²) < 4.78 is 5.08. The van der Waals surface area contributed by atoms with Crippen LogP contribution in [0.2, 0.25) is 0 Å². The first kappa shape index (κ1) is 18.2. The first-order valence-corrected chi connectivity index (χ1v) is 6.17. The lowest BCUT2D eigenvalue weighted by atomic mass is 10.1. The zero-order valence-electron chi connectivity index (χ0n) is 12.1. The van der Waals surface area contributed by atoms with Gasteiger partial charge in [-0.25, -0.2) is 0 Å². The Morgan fingerprint density at radius 3 is 2.74 bits per heavy atom. The Balaban J connectivity index is 0.00000324. The van der Waals surface area contributed by atoms with Crippen molar-refractivity contribution in [1.82, 2.24) is 10.6 Å². The van der Waals surface area contributed by atoms with Crippen molar-refractivity contribution in [3.8, 4) is 0 Å². The topological polar surface area (TPSA) is 45.7 Å². The van der Waals surface area contributed by atoms with Crippen LogP contribution >= 0.6 is 24.0 Å². The SMILES string of the molecule is CN=C(NCc1cccc(C)c1)NC(C)COC.I. The highest BCUT2D eigenvalue weighted by Gasteiger charge is 2.04. The average Bonchev–Trinajstić information content (AvgIpc) is 2.35. The van der Waals surface area contributed by atoms with Crippen molar-refractivity contribution in [1.29, 1.82) is 0 Å². The van der Waals surface area contributed by atoms with E-state index in [0.717, 1.165) is 12.5 Å². The third-order valence-corrected chi connectivity index (χ3v) is 2.57. The standard InChI is InChI=1S/C14H23N3O.HI/c1-11-6-5-7-13(8-11)9-16-14(15-3)17-12(2)10-18-4;/h5-8,12H,9-10H2,1-4H3,(H2,15,16,17);1H. The van der Waals surface area contributed by atoms with Crippen molar-refractivity contribution >= 4 is 29.9 Å². The second kappa shape index (κ2) is 10.0. The van der Waals surface area contributed by atoms with Gasteiger partial charge in [-0.1, -0.05) is 29.8 Å². The van der Waals surface area contributed by atoms with Gasteiger partial charge in [-0.15, -0.1) is 24.0 Å². The minimum atomic E-state index is 0. The number of aliphatic imine (C=N–C) groups is 1. The molecule has 0 aliphatic rings. The predicted octanol–water partition coefficient (Wildman–Crippen LogP) is 2.31. The van der Waals surface area contributed by atoms with Crippen LogP contribution in [-0.2, 0) is 11.3 Å². The molecular weight excluding hydrogens is 353 g/mol. The minimum Gasteiger partial charge on any atom is -0.383 e. The van der Waals surface area contributed by atoms with Gasteiger partial charge >= 0.3 is 0 Å². The van der Waals surface area contributed by atoms with Gasteiger partial charge in [0.25, 0.3) is 0 Å². The van der Waals surface area contributed by atoms with Crippen LogP contribution in [0.25, 0.3) is 0 Å². The van der Waals surface area contributed by atoms with Gasteiger partial charge in [0.1, 0.15) is 0 Å². The Bertz CT molecular complexity index is 396. The number of methoxy groups -OCH3 is 1. The van der Waals surface area contributed by atoms with Crippen molar-refractivity contribution in [2.24, 2.45) is 4.99 Å². The molecule has 1 aromatic carbocycles. The van der Waals surface area contributed by atoms with Gasteiger partial charge in [0.15, 0.2) is 5.96 Å². The maximum atomic E-state index is 5.08. The van der Waals surface area contributed by atoms with Gasteiger partial charge in [-0.05, 0) is 19.4 Å². The van der Waals surface area contributed by atoms with E-state index in [2.05, 4.69) is 53.7 Å². The second-order valence-corrected chi connectivity index (χ2v) is 4.42. The van der Waals surface area contributed by atoms with E-state index in [9.17, 15) is 0 Å². The third kappa shape index (κ3) is 7.37. The molecule has 0 aliphatic carbocycles. The van der Waals surface area contributed by atoms with E-state index in [0.29, 0.717) is 6.61 Å². The summed E-state index contributed by atoms with van der Waals surface area (Å²) in [5, 5.41) is 6.55. The molecule has 0 saturated heterocycles. The molecule has 0 fully saturated rings. The number of rotatable bonds is 5. The lowest BCUT2D eigenvalue weighted by molar-refractivity contribution is 0.179. The van der Waals surface area contributed by atoms with E-state index in [1.807, 2.05) is 0 Å². The van der Waals surface area contributed by atoms with Crippen molar-refractivity contribution in [3.63, 3.8) is 0 Å². The molecule has 0 radical (unpaired) electrons. The van der Waals surface area contributed by atoms with Crippen molar-refractivity contribution in [3.05, 3.63) is 35.4 Å². The fourth-order valence-electron chi connectivity index (χ4n) is 1.73. The highest BCUT2D eigenvalue weighted by molar-refractivity contribution is 14.0. The molecule has 1 aromatic rings. The van der Waals surface area contributed by atoms with Gasteiger partial charge < -0.3 is 15.4 Å². The number of nitrogens with one attached hydrogen (secondary N) is 2. The Morgan fingerprint density at radius 2 is 2.16 bits per heavy atom. The Kier molecular flexibility index (Phi) is 9.59. The summed E-state index contributed by atoms with van der Waals surface area (Å²) in [7, 11) is 3.46. The van der Waals surface area contributed by atoms with Crippen LogP contribution in [0.1, 0.15) is 18.1 Å². The number of aryl methyl sites for hydroxylation is 1. The Morgan fingerprint density at radius 1 is 1.42 bits per heavy atom. The normalized spacial score (nSPS) is 12.5. The van der Waals surface area contributed by atoms with Crippen LogP contribution in [0.4, 0.5) is 0 Å². The van der Waals surface area contributed by atoms with Crippen molar-refractivity contribution < 1.29 is 4.74 Å². The minimum absolute atomic E-state index is 0. The number of hydrogen-bond donors (Lipinski definition) is 2. The van der Waals surface area contributed by atoms with Crippen molar-refractivity contribution in [2.75, 3.05) is 20.8 Å². The summed E-state index contributed by atoms with van der Waals surface area (Å²) in [4.78, 5) is 4.19. The van der Waals surface area contributed by atoms with E-state index >= 15 is 0 Å². The number of guanidine groups is 1. The summed E-state index contributed by atoms with van der Waals surface area (Å²) in [6.07, 6.45) is 0. The van der Waals surface area contributed by atoms with Gasteiger partial charge in [-0.3, -0.25) is 4.99 Å². The van der Waals surface area contributed by atoms with Crippen LogP contribution < -0.4 is 10.6 Å². The van der Waals surface area contributed by atoms with E-state index in [1.165, 1.54) is 11.1 Å². The number of ether oxygens (including phenoxy) is 1. The summed E-state index contributed by atoms with van der Waals surface area (Å²) >= 11 is 0. The molecule has 0 saturated carbocycles. The Labute approximate surface area is 133 Å². The van der Waals surface area contributed by atoms with Gasteiger partial charge in [0, 0.05) is 26.7 Å². The molecule has 1 unspecified atom stereocenters. The summed E-state index contributed by atoms with van der Waals surface area (Å²) in [6, 6.07) is 8.66. The first-order chi connectivity index (χ1) is 8.65. The molecule has 0 heterocycles. The van der Waals surface area contributed by atoms with Gasteiger partial charge in [0.05, 0.1) is 6.61 Å². The highest BCUT2D eigenvalue weighted by Crippen LogP contribution is 2.03. The maximum Gasteiger partial charge on any atom is 0.191 e. The summed E-state index contributed by atoms with van der Waals surface area (Å²) in [5.41, 5.74) is 2.52. The van der Waals surface area contributed by atoms with E-state index in [1.54, 1.807) is 14.2 Å². The smallest absolute Gasteiger partial charge is 0.191 e. The van der Waals surface area contributed by atoms with Crippen LogP contribution in [0.3, 0.4) is 0 Å². The molecule has 0 bridgehead atoms. The molecule has 19 heavy (non-hydrogen) atoms. The molecule has 5 heteroatoms. The molecule has 0 amide bonds. The lowest BCUT2D eigenvalue weighted by Crippen LogP contribution is -2.43. The molecular formula is C14H24IN3O. The Hall–Kier alpha value is -0.820. The molecule has 1 rings (SSSR count). The third-order valence-electron chi connectivity index (χ3n) is 2.57. The second-order valence-electron chi connectivity index (χ2n) is 4.42. The number of hydrogen-bond acceptors (Lipinski definition) is 2. The molecule has 2 N–H and O–H groups in total. The molecule has 0 spiro atoms. The van der Waals surface area contributed by atoms with Gasteiger partial charge in [0.2, 0.25) is 0 Å².